The third-order valence-electron chi connectivity index (χ3n) is 3.19. The van der Waals surface area contributed by atoms with Crippen molar-refractivity contribution in [2.75, 3.05) is 11.3 Å². The second-order valence-corrected chi connectivity index (χ2v) is 6.96. The Morgan fingerprint density at radius 2 is 2.00 bits per heavy atom. The van der Waals surface area contributed by atoms with Crippen LogP contribution >= 0.6 is 11.6 Å². The topological polar surface area (TPSA) is 98.5 Å². The first kappa shape index (κ1) is 18.0. The van der Waals surface area contributed by atoms with E-state index in [1.165, 1.54) is 19.1 Å². The zero-order valence-electron chi connectivity index (χ0n) is 12.9. The minimum absolute atomic E-state index is 0.00708. The summed E-state index contributed by atoms with van der Waals surface area (Å²) >= 11 is 5.92. The minimum Gasteiger partial charge on any atom is -0.494 e. The maximum Gasteiger partial charge on any atom is 0.275 e. The highest BCUT2D eigenvalue weighted by Crippen LogP contribution is 2.30. The molecule has 0 heterocycles. The lowest BCUT2D eigenvalue weighted by molar-refractivity contribution is -0.385. The molecule has 7 nitrogen and oxygen atoms in total. The normalized spacial score (nSPS) is 11.1. The first-order valence-corrected chi connectivity index (χ1v) is 8.81. The number of anilines is 1. The van der Waals surface area contributed by atoms with Crippen molar-refractivity contribution in [3.05, 3.63) is 57.1 Å². The highest BCUT2D eigenvalue weighted by atomic mass is 35.5. The Labute approximate surface area is 144 Å². The summed E-state index contributed by atoms with van der Waals surface area (Å²) in [6.45, 7) is 3.70. The molecule has 0 aliphatic carbocycles. The number of hydrogen-bond donors (Lipinski definition) is 1. The summed E-state index contributed by atoms with van der Waals surface area (Å²) < 4.78 is 32.6. The summed E-state index contributed by atoms with van der Waals surface area (Å²) in [5, 5.41) is 11.1. The Bertz CT molecular complexity index is 883. The highest BCUT2D eigenvalue weighted by Gasteiger charge is 2.22. The number of benzene rings is 2. The molecule has 0 amide bonds. The number of nitrogens with zero attached hydrogens (tertiary/aromatic N) is 1. The van der Waals surface area contributed by atoms with E-state index in [0.29, 0.717) is 12.4 Å². The van der Waals surface area contributed by atoms with Gasteiger partial charge in [-0.3, -0.25) is 14.8 Å². The Morgan fingerprint density at radius 1 is 1.29 bits per heavy atom. The molecule has 0 unspecified atom stereocenters. The average molecular weight is 371 g/mol. The largest absolute Gasteiger partial charge is 0.494 e. The number of nitro benzene ring substituents is 1. The van der Waals surface area contributed by atoms with Gasteiger partial charge in [0.2, 0.25) is 0 Å². The van der Waals surface area contributed by atoms with E-state index < -0.39 is 14.9 Å². The van der Waals surface area contributed by atoms with E-state index in [0.717, 1.165) is 6.07 Å². The van der Waals surface area contributed by atoms with Crippen LogP contribution in [0.4, 0.5) is 11.4 Å². The fraction of sp³-hybridized carbons (Fsp3) is 0.200. The van der Waals surface area contributed by atoms with E-state index in [9.17, 15) is 18.5 Å². The zero-order chi connectivity index (χ0) is 17.9. The molecule has 0 fully saturated rings. The molecule has 0 saturated carbocycles. The van der Waals surface area contributed by atoms with Gasteiger partial charge in [0.05, 0.1) is 27.1 Å². The molecule has 0 atom stereocenters. The first-order valence-electron chi connectivity index (χ1n) is 6.95. The number of hydrogen-bond acceptors (Lipinski definition) is 5. The zero-order valence-corrected chi connectivity index (χ0v) is 14.5. The molecule has 0 aromatic heterocycles. The molecule has 0 bridgehead atoms. The Balaban J connectivity index is 2.41. The third kappa shape index (κ3) is 3.95. The van der Waals surface area contributed by atoms with Gasteiger partial charge in [0.25, 0.3) is 15.7 Å². The van der Waals surface area contributed by atoms with Crippen molar-refractivity contribution in [1.29, 1.82) is 0 Å². The van der Waals surface area contributed by atoms with Crippen LogP contribution in [0.5, 0.6) is 5.75 Å². The molecule has 1 N–H and O–H groups in total. The van der Waals surface area contributed by atoms with Gasteiger partial charge < -0.3 is 4.74 Å². The van der Waals surface area contributed by atoms with Crippen molar-refractivity contribution in [2.24, 2.45) is 0 Å². The average Bonchev–Trinajstić information content (AvgIpc) is 2.49. The fourth-order valence-corrected chi connectivity index (χ4v) is 3.39. The second-order valence-electron chi connectivity index (χ2n) is 4.87. The molecular formula is C15H15ClN2O5S. The molecule has 24 heavy (non-hydrogen) atoms. The highest BCUT2D eigenvalue weighted by molar-refractivity contribution is 7.92. The molecule has 2 aromatic carbocycles. The van der Waals surface area contributed by atoms with Crippen LogP contribution in [-0.2, 0) is 10.0 Å². The summed E-state index contributed by atoms with van der Waals surface area (Å²) in [4.78, 5) is 10.1. The predicted molar refractivity (Wildman–Crippen MR) is 91.3 cm³/mol. The van der Waals surface area contributed by atoms with Gasteiger partial charge in [-0.25, -0.2) is 8.42 Å². The molecule has 128 valence electrons. The van der Waals surface area contributed by atoms with Gasteiger partial charge in [0.1, 0.15) is 5.75 Å². The standard InChI is InChI=1S/C15H15ClN2O5S/c1-3-23-12-6-4-5-11(7-12)17-24(21,22)13-8-14(16)10(2)15(9-13)18(19)20/h4-9,17H,3H2,1-2H3. The maximum atomic E-state index is 12.5. The van der Waals surface area contributed by atoms with E-state index in [4.69, 9.17) is 16.3 Å². The second kappa shape index (κ2) is 7.06. The molecule has 0 radical (unpaired) electrons. The summed E-state index contributed by atoms with van der Waals surface area (Å²) in [5.41, 5.74) is 0.130. The van der Waals surface area contributed by atoms with Crippen LogP contribution in [0.25, 0.3) is 0 Å². The molecule has 2 rings (SSSR count). The number of halogens is 1. The third-order valence-corrected chi connectivity index (χ3v) is 4.95. The molecule has 0 spiro atoms. The van der Waals surface area contributed by atoms with Crippen LogP contribution in [0.15, 0.2) is 41.3 Å². The molecule has 2 aromatic rings. The Kier molecular flexibility index (Phi) is 5.30. The predicted octanol–water partition coefficient (Wildman–Crippen LogP) is 3.76. The van der Waals surface area contributed by atoms with E-state index in [-0.39, 0.29) is 26.9 Å². The van der Waals surface area contributed by atoms with E-state index in [1.54, 1.807) is 18.2 Å². The van der Waals surface area contributed by atoms with Crippen molar-refractivity contribution in [3.63, 3.8) is 0 Å². The summed E-state index contributed by atoms with van der Waals surface area (Å²) in [6.07, 6.45) is 0. The summed E-state index contributed by atoms with van der Waals surface area (Å²) in [5.74, 6) is 0.505. The van der Waals surface area contributed by atoms with Gasteiger partial charge in [-0.15, -0.1) is 0 Å². The quantitative estimate of drug-likeness (QED) is 0.616. The van der Waals surface area contributed by atoms with Crippen LogP contribution in [0, 0.1) is 17.0 Å². The van der Waals surface area contributed by atoms with Crippen molar-refractivity contribution in [1.82, 2.24) is 0 Å². The number of nitrogens with one attached hydrogen (secondary N) is 1. The van der Waals surface area contributed by atoms with Crippen LogP contribution in [0.2, 0.25) is 5.02 Å². The van der Waals surface area contributed by atoms with Crippen molar-refractivity contribution in [3.8, 4) is 5.75 Å². The molecule has 0 saturated heterocycles. The van der Waals surface area contributed by atoms with Gasteiger partial charge in [-0.05, 0) is 32.0 Å². The molecule has 0 aliphatic rings. The van der Waals surface area contributed by atoms with E-state index >= 15 is 0 Å². The number of rotatable bonds is 6. The molecule has 9 heteroatoms. The van der Waals surface area contributed by atoms with E-state index in [2.05, 4.69) is 4.72 Å². The first-order chi connectivity index (χ1) is 11.2. The summed E-state index contributed by atoms with van der Waals surface area (Å²) in [6, 6.07) is 8.55. The summed E-state index contributed by atoms with van der Waals surface area (Å²) in [7, 11) is -4.03. The number of sulfonamides is 1. The lowest BCUT2D eigenvalue weighted by atomic mass is 10.2. The van der Waals surface area contributed by atoms with Crippen molar-refractivity contribution in [2.45, 2.75) is 18.7 Å². The number of ether oxygens (including phenoxy) is 1. The molecular weight excluding hydrogens is 356 g/mol. The minimum atomic E-state index is -4.03. The van der Waals surface area contributed by atoms with E-state index in [1.807, 2.05) is 6.92 Å². The van der Waals surface area contributed by atoms with Crippen molar-refractivity contribution >= 4 is 33.0 Å². The van der Waals surface area contributed by atoms with Crippen LogP contribution in [-0.4, -0.2) is 19.9 Å². The smallest absolute Gasteiger partial charge is 0.275 e. The fourth-order valence-electron chi connectivity index (χ4n) is 2.02. The van der Waals surface area contributed by atoms with Gasteiger partial charge in [-0.1, -0.05) is 17.7 Å². The van der Waals surface area contributed by atoms with Gasteiger partial charge in [0, 0.05) is 17.7 Å². The monoisotopic (exact) mass is 370 g/mol. The van der Waals surface area contributed by atoms with Gasteiger partial charge >= 0.3 is 0 Å². The van der Waals surface area contributed by atoms with Crippen LogP contribution < -0.4 is 9.46 Å². The Morgan fingerprint density at radius 3 is 2.62 bits per heavy atom. The molecule has 0 aliphatic heterocycles. The van der Waals surface area contributed by atoms with Crippen LogP contribution in [0.3, 0.4) is 0 Å². The van der Waals surface area contributed by atoms with Gasteiger partial charge in [0.15, 0.2) is 0 Å². The van der Waals surface area contributed by atoms with Gasteiger partial charge in [-0.2, -0.15) is 0 Å². The maximum absolute atomic E-state index is 12.5. The lowest BCUT2D eigenvalue weighted by Gasteiger charge is -2.11. The SMILES string of the molecule is CCOc1cccc(NS(=O)(=O)c2cc(Cl)c(C)c([N+](=O)[O-])c2)c1. The van der Waals surface area contributed by atoms with Crippen LogP contribution in [0.1, 0.15) is 12.5 Å². The Hall–Kier alpha value is -2.32. The lowest BCUT2D eigenvalue weighted by Crippen LogP contribution is -2.13. The van der Waals surface area contributed by atoms with Crippen molar-refractivity contribution < 1.29 is 18.1 Å². The number of nitro groups is 1.